The summed E-state index contributed by atoms with van der Waals surface area (Å²) in [6.45, 7) is 5.45. The van der Waals surface area contributed by atoms with E-state index in [1.54, 1.807) is 6.07 Å². The lowest BCUT2D eigenvalue weighted by Crippen LogP contribution is -2.53. The fourth-order valence-corrected chi connectivity index (χ4v) is 2.85. The Morgan fingerprint density at radius 1 is 1.32 bits per heavy atom. The van der Waals surface area contributed by atoms with Gasteiger partial charge in [-0.15, -0.1) is 0 Å². The minimum Gasteiger partial charge on any atom is -0.486 e. The zero-order valence-electron chi connectivity index (χ0n) is 13.1. The second kappa shape index (κ2) is 7.20. The van der Waals surface area contributed by atoms with Crippen LogP contribution >= 0.6 is 11.6 Å². The van der Waals surface area contributed by atoms with Crippen LogP contribution in [0.5, 0.6) is 11.5 Å². The molecule has 0 saturated heterocycles. The molecule has 6 heteroatoms. The second-order valence-corrected chi connectivity index (χ2v) is 5.93. The number of carbonyl (C=O) groups excluding carboxylic acids is 1. The van der Waals surface area contributed by atoms with Crippen LogP contribution in [0.25, 0.3) is 0 Å². The van der Waals surface area contributed by atoms with Crippen LogP contribution in [0.3, 0.4) is 0 Å². The summed E-state index contributed by atoms with van der Waals surface area (Å²) in [6, 6.07) is 3.55. The summed E-state index contributed by atoms with van der Waals surface area (Å²) in [6.07, 6.45) is 1.83. The van der Waals surface area contributed by atoms with E-state index in [0.29, 0.717) is 36.3 Å². The van der Waals surface area contributed by atoms with Crippen molar-refractivity contribution in [1.82, 2.24) is 5.32 Å². The van der Waals surface area contributed by atoms with Gasteiger partial charge in [-0.05, 0) is 30.5 Å². The first kappa shape index (κ1) is 16.9. The highest BCUT2D eigenvalue weighted by Crippen LogP contribution is 2.38. The molecule has 1 aromatic rings. The highest BCUT2D eigenvalue weighted by atomic mass is 35.5. The molecular formula is C16H23ClN2O3. The average Bonchev–Trinajstić information content (AvgIpc) is 2.53. The SMILES string of the molecule is CCC(CC)(CN)NC(=O)Cc1cc(Cl)c2c(c1)OCCO2. The molecule has 0 unspecified atom stereocenters. The van der Waals surface area contributed by atoms with Crippen molar-refractivity contribution in [3.63, 3.8) is 0 Å². The first-order valence-corrected chi connectivity index (χ1v) is 8.00. The van der Waals surface area contributed by atoms with Gasteiger partial charge < -0.3 is 20.5 Å². The normalized spacial score (nSPS) is 13.8. The summed E-state index contributed by atoms with van der Waals surface area (Å²) in [5.74, 6) is 1.08. The Morgan fingerprint density at radius 3 is 2.64 bits per heavy atom. The third kappa shape index (κ3) is 3.65. The van der Waals surface area contributed by atoms with Gasteiger partial charge in [-0.25, -0.2) is 0 Å². The van der Waals surface area contributed by atoms with Crippen molar-refractivity contribution in [3.8, 4) is 11.5 Å². The van der Waals surface area contributed by atoms with Crippen LogP contribution in [0.2, 0.25) is 5.02 Å². The molecule has 0 saturated carbocycles. The Balaban J connectivity index is 2.10. The number of nitrogens with two attached hydrogens (primary N) is 1. The number of rotatable bonds is 6. The standard InChI is InChI=1S/C16H23ClN2O3/c1-3-16(4-2,10-18)19-14(20)9-11-7-12(17)15-13(8-11)21-5-6-22-15/h7-8H,3-6,9-10,18H2,1-2H3,(H,19,20). The lowest BCUT2D eigenvalue weighted by molar-refractivity contribution is -0.122. The molecule has 0 fully saturated rings. The fraction of sp³-hybridized carbons (Fsp3) is 0.562. The highest BCUT2D eigenvalue weighted by molar-refractivity contribution is 6.32. The molecule has 1 aliphatic rings. The molecule has 122 valence electrons. The number of nitrogens with one attached hydrogen (secondary N) is 1. The molecule has 0 aromatic heterocycles. The first-order chi connectivity index (χ1) is 10.5. The smallest absolute Gasteiger partial charge is 0.224 e. The molecule has 0 aliphatic carbocycles. The minimum atomic E-state index is -0.339. The molecule has 0 spiro atoms. The number of benzene rings is 1. The van der Waals surface area contributed by atoms with Crippen molar-refractivity contribution in [2.75, 3.05) is 19.8 Å². The van der Waals surface area contributed by atoms with Gasteiger partial charge in [0.25, 0.3) is 0 Å². The largest absolute Gasteiger partial charge is 0.486 e. The maximum atomic E-state index is 12.3. The topological polar surface area (TPSA) is 73.6 Å². The summed E-state index contributed by atoms with van der Waals surface area (Å²) in [5, 5.41) is 3.52. The average molecular weight is 327 g/mol. The number of amides is 1. The Morgan fingerprint density at radius 2 is 2.00 bits per heavy atom. The van der Waals surface area contributed by atoms with Crippen molar-refractivity contribution in [1.29, 1.82) is 0 Å². The van der Waals surface area contributed by atoms with E-state index in [9.17, 15) is 4.79 Å². The van der Waals surface area contributed by atoms with E-state index in [1.165, 1.54) is 0 Å². The van der Waals surface area contributed by atoms with E-state index in [4.69, 9.17) is 26.8 Å². The van der Waals surface area contributed by atoms with Gasteiger partial charge in [-0.2, -0.15) is 0 Å². The molecule has 2 rings (SSSR count). The van der Waals surface area contributed by atoms with Gasteiger partial charge in [0.15, 0.2) is 11.5 Å². The van der Waals surface area contributed by atoms with Crippen molar-refractivity contribution in [3.05, 3.63) is 22.7 Å². The van der Waals surface area contributed by atoms with Crippen molar-refractivity contribution in [2.24, 2.45) is 5.73 Å². The Hall–Kier alpha value is -1.46. The fourth-order valence-electron chi connectivity index (χ4n) is 2.56. The van der Waals surface area contributed by atoms with Gasteiger partial charge in [0.1, 0.15) is 13.2 Å². The van der Waals surface area contributed by atoms with E-state index in [0.717, 1.165) is 18.4 Å². The van der Waals surface area contributed by atoms with Gasteiger partial charge >= 0.3 is 0 Å². The summed E-state index contributed by atoms with van der Waals surface area (Å²) in [4.78, 5) is 12.3. The van der Waals surface area contributed by atoms with Crippen LogP contribution in [-0.4, -0.2) is 31.2 Å². The predicted molar refractivity (Wildman–Crippen MR) is 86.7 cm³/mol. The number of hydrogen-bond acceptors (Lipinski definition) is 4. The van der Waals surface area contributed by atoms with E-state index in [-0.39, 0.29) is 17.9 Å². The van der Waals surface area contributed by atoms with Crippen molar-refractivity contribution >= 4 is 17.5 Å². The molecular weight excluding hydrogens is 304 g/mol. The van der Waals surface area contributed by atoms with Crippen LogP contribution in [-0.2, 0) is 11.2 Å². The van der Waals surface area contributed by atoms with Crippen LogP contribution in [0, 0.1) is 0 Å². The summed E-state index contributed by atoms with van der Waals surface area (Å²) in [5.41, 5.74) is 6.27. The molecule has 1 aromatic carbocycles. The highest BCUT2D eigenvalue weighted by Gasteiger charge is 2.26. The number of fused-ring (bicyclic) bond motifs is 1. The van der Waals surface area contributed by atoms with Crippen LogP contribution in [0.15, 0.2) is 12.1 Å². The zero-order valence-corrected chi connectivity index (χ0v) is 13.8. The van der Waals surface area contributed by atoms with Crippen molar-refractivity contribution < 1.29 is 14.3 Å². The molecule has 0 radical (unpaired) electrons. The number of hydrogen-bond donors (Lipinski definition) is 2. The maximum Gasteiger partial charge on any atom is 0.224 e. The predicted octanol–water partition coefficient (Wildman–Crippen LogP) is 2.29. The van der Waals surface area contributed by atoms with Crippen molar-refractivity contribution in [2.45, 2.75) is 38.6 Å². The number of carbonyl (C=O) groups is 1. The zero-order chi connectivity index (χ0) is 16.2. The van der Waals surface area contributed by atoms with E-state index < -0.39 is 0 Å². The monoisotopic (exact) mass is 326 g/mol. The van der Waals surface area contributed by atoms with Crippen LogP contribution in [0.1, 0.15) is 32.3 Å². The Labute approximate surface area is 136 Å². The lowest BCUT2D eigenvalue weighted by atomic mass is 9.92. The van der Waals surface area contributed by atoms with Gasteiger partial charge in [-0.3, -0.25) is 4.79 Å². The Kier molecular flexibility index (Phi) is 5.53. The summed E-state index contributed by atoms with van der Waals surface area (Å²) in [7, 11) is 0. The molecule has 0 bridgehead atoms. The molecule has 1 amide bonds. The van der Waals surface area contributed by atoms with E-state index in [1.807, 2.05) is 19.9 Å². The van der Waals surface area contributed by atoms with Gasteiger partial charge in [-0.1, -0.05) is 25.4 Å². The quantitative estimate of drug-likeness (QED) is 0.841. The van der Waals surface area contributed by atoms with Crippen LogP contribution < -0.4 is 20.5 Å². The molecule has 1 heterocycles. The number of ether oxygens (including phenoxy) is 2. The molecule has 1 aliphatic heterocycles. The molecule has 3 N–H and O–H groups in total. The third-order valence-corrected chi connectivity index (χ3v) is 4.45. The molecule has 22 heavy (non-hydrogen) atoms. The molecule has 0 atom stereocenters. The first-order valence-electron chi connectivity index (χ1n) is 7.62. The second-order valence-electron chi connectivity index (χ2n) is 5.52. The minimum absolute atomic E-state index is 0.0677. The number of halogens is 1. The van der Waals surface area contributed by atoms with Crippen LogP contribution in [0.4, 0.5) is 0 Å². The van der Waals surface area contributed by atoms with Gasteiger partial charge in [0.05, 0.1) is 17.0 Å². The van der Waals surface area contributed by atoms with E-state index >= 15 is 0 Å². The van der Waals surface area contributed by atoms with Gasteiger partial charge in [0, 0.05) is 6.54 Å². The third-order valence-electron chi connectivity index (χ3n) is 4.17. The van der Waals surface area contributed by atoms with E-state index in [2.05, 4.69) is 5.32 Å². The summed E-state index contributed by atoms with van der Waals surface area (Å²) >= 11 is 6.19. The van der Waals surface area contributed by atoms with Gasteiger partial charge in [0.2, 0.25) is 5.91 Å². The Bertz CT molecular complexity index is 536. The maximum absolute atomic E-state index is 12.3. The molecule has 5 nitrogen and oxygen atoms in total. The lowest BCUT2D eigenvalue weighted by Gasteiger charge is -2.31. The summed E-state index contributed by atoms with van der Waals surface area (Å²) < 4.78 is 11.0.